The fourth-order valence-electron chi connectivity index (χ4n) is 2.29. The molecule has 3 rings (SSSR count). The first-order valence-corrected chi connectivity index (χ1v) is 8.50. The van der Waals surface area contributed by atoms with Gasteiger partial charge in [0, 0.05) is 23.2 Å². The van der Waals surface area contributed by atoms with Gasteiger partial charge in [-0.3, -0.25) is 9.59 Å². The molecule has 0 unspecified atom stereocenters. The summed E-state index contributed by atoms with van der Waals surface area (Å²) in [4.78, 5) is 40.5. The Labute approximate surface area is 147 Å². The van der Waals surface area contributed by atoms with Crippen LogP contribution < -0.4 is 16.3 Å². The molecule has 0 aliphatic heterocycles. The summed E-state index contributed by atoms with van der Waals surface area (Å²) in [7, 11) is 0. The Balaban J connectivity index is 1.56. The Kier molecular flexibility index (Phi) is 4.90. The van der Waals surface area contributed by atoms with Gasteiger partial charge in [-0.25, -0.2) is 4.79 Å². The van der Waals surface area contributed by atoms with Gasteiger partial charge in [-0.2, -0.15) is 0 Å². The van der Waals surface area contributed by atoms with Gasteiger partial charge in [0.1, 0.15) is 0 Å². The molecule has 0 saturated carbocycles. The topological polar surface area (TPSA) is 107 Å². The molecule has 0 bridgehead atoms. The third-order valence-electron chi connectivity index (χ3n) is 3.34. The Morgan fingerprint density at radius 2 is 1.64 bits per heavy atom. The summed E-state index contributed by atoms with van der Waals surface area (Å²) in [6, 6.07) is 12.4. The predicted octanol–water partition coefficient (Wildman–Crippen LogP) is 2.55. The molecule has 25 heavy (non-hydrogen) atoms. The van der Waals surface area contributed by atoms with Crippen LogP contribution in [-0.4, -0.2) is 27.5 Å². The monoisotopic (exact) mass is 356 g/mol. The number of fused-ring (bicyclic) bond motifs is 1. The quantitative estimate of drug-likeness (QED) is 0.527. The molecule has 2 aromatic carbocycles. The van der Waals surface area contributed by atoms with Gasteiger partial charge < -0.3 is 20.6 Å². The third-order valence-corrected chi connectivity index (χ3v) is 4.36. The maximum absolute atomic E-state index is 12.1. The fraction of sp³-hybridized carbons (Fsp3) is 0.118. The summed E-state index contributed by atoms with van der Waals surface area (Å²) in [5.41, 5.74) is 2.39. The zero-order chi connectivity index (χ0) is 17.8. The van der Waals surface area contributed by atoms with Gasteiger partial charge in [-0.05, 0) is 42.5 Å². The second-order valence-electron chi connectivity index (χ2n) is 5.38. The lowest BCUT2D eigenvalue weighted by Gasteiger charge is -2.06. The normalized spacial score (nSPS) is 10.6. The van der Waals surface area contributed by atoms with Gasteiger partial charge in [0.15, 0.2) is 0 Å². The Hall–Kier alpha value is -3.00. The minimum atomic E-state index is -0.281. The van der Waals surface area contributed by atoms with Crippen molar-refractivity contribution < 1.29 is 9.59 Å². The van der Waals surface area contributed by atoms with Gasteiger partial charge in [0.2, 0.25) is 11.8 Å². The van der Waals surface area contributed by atoms with Crippen molar-refractivity contribution in [3.63, 3.8) is 0 Å². The molecule has 0 saturated heterocycles. The fourth-order valence-corrected chi connectivity index (χ4v) is 2.99. The molecule has 1 aromatic heterocycles. The summed E-state index contributed by atoms with van der Waals surface area (Å²) >= 11 is 1.39. The SMILES string of the molecule is CC(=O)Nc1ccc(SCC(=O)Nc2ccc3[nH]c(=O)[nH]c3c2)cc1. The largest absolute Gasteiger partial charge is 0.326 e. The van der Waals surface area contributed by atoms with E-state index in [9.17, 15) is 14.4 Å². The van der Waals surface area contributed by atoms with E-state index >= 15 is 0 Å². The van der Waals surface area contributed by atoms with Crippen molar-refractivity contribution in [1.82, 2.24) is 9.97 Å². The molecule has 7 nitrogen and oxygen atoms in total. The number of nitrogens with one attached hydrogen (secondary N) is 4. The highest BCUT2D eigenvalue weighted by Gasteiger charge is 2.06. The first-order valence-electron chi connectivity index (χ1n) is 7.52. The molecular weight excluding hydrogens is 340 g/mol. The number of anilines is 2. The molecule has 0 aliphatic rings. The van der Waals surface area contributed by atoms with E-state index in [2.05, 4.69) is 20.6 Å². The molecule has 0 radical (unpaired) electrons. The molecule has 0 spiro atoms. The van der Waals surface area contributed by atoms with E-state index < -0.39 is 0 Å². The van der Waals surface area contributed by atoms with Gasteiger partial charge in [0.25, 0.3) is 0 Å². The summed E-state index contributed by atoms with van der Waals surface area (Å²) in [6.07, 6.45) is 0. The number of rotatable bonds is 5. The van der Waals surface area contributed by atoms with E-state index in [0.717, 1.165) is 10.6 Å². The van der Waals surface area contributed by atoms with E-state index in [-0.39, 0.29) is 23.3 Å². The van der Waals surface area contributed by atoms with Crippen LogP contribution in [0.15, 0.2) is 52.2 Å². The lowest BCUT2D eigenvalue weighted by molar-refractivity contribution is -0.114. The van der Waals surface area contributed by atoms with E-state index in [1.165, 1.54) is 18.7 Å². The number of carbonyl (C=O) groups is 2. The van der Waals surface area contributed by atoms with Crippen LogP contribution in [0, 0.1) is 0 Å². The number of imidazole rings is 1. The van der Waals surface area contributed by atoms with Gasteiger partial charge in [-0.1, -0.05) is 0 Å². The van der Waals surface area contributed by atoms with Gasteiger partial charge in [0.05, 0.1) is 16.8 Å². The Morgan fingerprint density at radius 1 is 0.960 bits per heavy atom. The summed E-state index contributed by atoms with van der Waals surface area (Å²) in [5, 5.41) is 5.49. The van der Waals surface area contributed by atoms with Crippen LogP contribution in [0.5, 0.6) is 0 Å². The highest BCUT2D eigenvalue weighted by atomic mass is 32.2. The van der Waals surface area contributed by atoms with Crippen molar-refractivity contribution in [2.75, 3.05) is 16.4 Å². The maximum atomic E-state index is 12.1. The lowest BCUT2D eigenvalue weighted by Crippen LogP contribution is -2.13. The van der Waals surface area contributed by atoms with Crippen LogP contribution in [0.2, 0.25) is 0 Å². The third kappa shape index (κ3) is 4.51. The average Bonchev–Trinajstić information content (AvgIpc) is 2.93. The van der Waals surface area contributed by atoms with Crippen molar-refractivity contribution >= 4 is 46.0 Å². The first-order chi connectivity index (χ1) is 12.0. The lowest BCUT2D eigenvalue weighted by atomic mass is 10.3. The number of H-pyrrole nitrogens is 2. The van der Waals surface area contributed by atoms with E-state index in [1.54, 1.807) is 30.3 Å². The van der Waals surface area contributed by atoms with Crippen molar-refractivity contribution in [2.24, 2.45) is 0 Å². The van der Waals surface area contributed by atoms with Crippen LogP contribution in [0.1, 0.15) is 6.92 Å². The van der Waals surface area contributed by atoms with Gasteiger partial charge >= 0.3 is 5.69 Å². The number of amides is 2. The van der Waals surface area contributed by atoms with E-state index in [1.807, 2.05) is 12.1 Å². The Morgan fingerprint density at radius 3 is 2.36 bits per heavy atom. The van der Waals surface area contributed by atoms with Crippen LogP contribution in [0.3, 0.4) is 0 Å². The maximum Gasteiger partial charge on any atom is 0.323 e. The molecule has 3 aromatic rings. The van der Waals surface area contributed by atoms with Crippen LogP contribution in [0.25, 0.3) is 11.0 Å². The molecule has 8 heteroatoms. The molecule has 0 fully saturated rings. The highest BCUT2D eigenvalue weighted by Crippen LogP contribution is 2.21. The highest BCUT2D eigenvalue weighted by molar-refractivity contribution is 8.00. The summed E-state index contributed by atoms with van der Waals surface area (Å²) in [6.45, 7) is 1.45. The van der Waals surface area contributed by atoms with Crippen molar-refractivity contribution in [1.29, 1.82) is 0 Å². The Bertz CT molecular complexity index is 975. The predicted molar refractivity (Wildman–Crippen MR) is 99.0 cm³/mol. The smallest absolute Gasteiger partial charge is 0.323 e. The minimum absolute atomic E-state index is 0.125. The van der Waals surface area contributed by atoms with Crippen molar-refractivity contribution in [3.8, 4) is 0 Å². The van der Waals surface area contributed by atoms with Crippen LogP contribution in [-0.2, 0) is 9.59 Å². The second-order valence-corrected chi connectivity index (χ2v) is 6.43. The summed E-state index contributed by atoms with van der Waals surface area (Å²) < 4.78 is 0. The molecule has 128 valence electrons. The number of thioether (sulfide) groups is 1. The number of hydrogen-bond donors (Lipinski definition) is 4. The first kappa shape index (κ1) is 16.8. The number of hydrogen-bond acceptors (Lipinski definition) is 4. The van der Waals surface area contributed by atoms with Crippen molar-refractivity contribution in [3.05, 3.63) is 52.9 Å². The number of aromatic amines is 2. The molecule has 0 atom stereocenters. The molecule has 0 aliphatic carbocycles. The zero-order valence-corrected chi connectivity index (χ0v) is 14.2. The number of aromatic nitrogens is 2. The van der Waals surface area contributed by atoms with Crippen LogP contribution >= 0.6 is 11.8 Å². The minimum Gasteiger partial charge on any atom is -0.326 e. The molecular formula is C17H16N4O3S. The van der Waals surface area contributed by atoms with E-state index in [4.69, 9.17) is 0 Å². The number of benzene rings is 2. The molecule has 2 amide bonds. The van der Waals surface area contributed by atoms with Crippen molar-refractivity contribution in [2.45, 2.75) is 11.8 Å². The number of carbonyl (C=O) groups excluding carboxylic acids is 2. The zero-order valence-electron chi connectivity index (χ0n) is 13.4. The molecule has 4 N–H and O–H groups in total. The van der Waals surface area contributed by atoms with E-state index in [0.29, 0.717) is 16.7 Å². The average molecular weight is 356 g/mol. The molecule has 1 heterocycles. The van der Waals surface area contributed by atoms with Crippen LogP contribution in [0.4, 0.5) is 11.4 Å². The summed E-state index contributed by atoms with van der Waals surface area (Å²) in [5.74, 6) is -0.0186. The standard InChI is InChI=1S/C17H16N4O3S/c1-10(22)18-11-2-5-13(6-3-11)25-9-16(23)19-12-4-7-14-15(8-12)21-17(24)20-14/h2-8H,9H2,1H3,(H,18,22)(H,19,23)(H2,20,21,24). The van der Waals surface area contributed by atoms with Gasteiger partial charge in [-0.15, -0.1) is 11.8 Å². The second kappa shape index (κ2) is 7.27.